The lowest BCUT2D eigenvalue weighted by molar-refractivity contribution is 0.0983. The predicted molar refractivity (Wildman–Crippen MR) is 117 cm³/mol. The van der Waals surface area contributed by atoms with E-state index in [0.717, 1.165) is 30.9 Å². The number of aryl methyl sites for hydroxylation is 1. The van der Waals surface area contributed by atoms with E-state index in [1.165, 1.54) is 0 Å². The maximum Gasteiger partial charge on any atom is 0.258 e. The second-order valence-corrected chi connectivity index (χ2v) is 6.68. The summed E-state index contributed by atoms with van der Waals surface area (Å²) in [5.41, 5.74) is 2.44. The highest BCUT2D eigenvalue weighted by molar-refractivity contribution is 6.07. The summed E-state index contributed by atoms with van der Waals surface area (Å²) in [6.07, 6.45) is 0. The molecule has 158 valence electrons. The number of rotatable bonds is 10. The molecule has 0 heterocycles. The summed E-state index contributed by atoms with van der Waals surface area (Å²) in [6, 6.07) is 11.3. The Labute approximate surface area is 174 Å². The first kappa shape index (κ1) is 22.6. The van der Waals surface area contributed by atoms with Gasteiger partial charge in [0, 0.05) is 24.3 Å². The van der Waals surface area contributed by atoms with E-state index in [4.69, 9.17) is 14.2 Å². The van der Waals surface area contributed by atoms with Crippen molar-refractivity contribution in [3.63, 3.8) is 0 Å². The van der Waals surface area contributed by atoms with E-state index in [9.17, 15) is 4.79 Å². The highest BCUT2D eigenvalue weighted by Crippen LogP contribution is 2.38. The van der Waals surface area contributed by atoms with Crippen molar-refractivity contribution in [2.75, 3.05) is 52.4 Å². The third-order valence-corrected chi connectivity index (χ3v) is 5.10. The van der Waals surface area contributed by atoms with E-state index in [2.05, 4.69) is 18.7 Å². The monoisotopic (exact) mass is 400 g/mol. The van der Waals surface area contributed by atoms with Gasteiger partial charge in [-0.05, 0) is 43.8 Å². The topological polar surface area (TPSA) is 51.2 Å². The zero-order valence-corrected chi connectivity index (χ0v) is 18.3. The molecular weight excluding hydrogens is 368 g/mol. The van der Waals surface area contributed by atoms with Crippen LogP contribution in [0.1, 0.15) is 29.8 Å². The normalized spacial score (nSPS) is 10.7. The zero-order chi connectivity index (χ0) is 21.4. The quantitative estimate of drug-likeness (QED) is 0.603. The highest BCUT2D eigenvalue weighted by Gasteiger charge is 2.23. The minimum absolute atomic E-state index is 0.106. The van der Waals surface area contributed by atoms with Crippen molar-refractivity contribution in [3.8, 4) is 17.2 Å². The number of carbonyl (C=O) groups is 1. The van der Waals surface area contributed by atoms with Crippen LogP contribution < -0.4 is 19.1 Å². The van der Waals surface area contributed by atoms with E-state index in [1.54, 1.807) is 33.5 Å². The van der Waals surface area contributed by atoms with E-state index < -0.39 is 0 Å². The average Bonchev–Trinajstić information content (AvgIpc) is 2.76. The van der Waals surface area contributed by atoms with Crippen molar-refractivity contribution >= 4 is 11.6 Å². The highest BCUT2D eigenvalue weighted by atomic mass is 16.5. The molecule has 29 heavy (non-hydrogen) atoms. The van der Waals surface area contributed by atoms with Gasteiger partial charge in [0.05, 0.1) is 21.3 Å². The van der Waals surface area contributed by atoms with Crippen LogP contribution in [0.3, 0.4) is 0 Å². The lowest BCUT2D eigenvalue weighted by Crippen LogP contribution is -2.39. The molecule has 0 N–H and O–H groups in total. The van der Waals surface area contributed by atoms with E-state index in [0.29, 0.717) is 29.4 Å². The summed E-state index contributed by atoms with van der Waals surface area (Å²) >= 11 is 0. The Morgan fingerprint density at radius 3 is 1.97 bits per heavy atom. The molecule has 0 aliphatic heterocycles. The number of amides is 1. The van der Waals surface area contributed by atoms with E-state index in [1.807, 2.05) is 36.1 Å². The number of benzene rings is 2. The van der Waals surface area contributed by atoms with Crippen molar-refractivity contribution in [1.82, 2.24) is 4.90 Å². The second kappa shape index (κ2) is 10.7. The molecule has 0 saturated heterocycles. The maximum atomic E-state index is 13.6. The number of hydrogen-bond donors (Lipinski definition) is 0. The van der Waals surface area contributed by atoms with Crippen molar-refractivity contribution < 1.29 is 19.0 Å². The fraction of sp³-hybridized carbons (Fsp3) is 0.435. The van der Waals surface area contributed by atoms with Gasteiger partial charge in [-0.25, -0.2) is 0 Å². The molecule has 6 nitrogen and oxygen atoms in total. The number of methoxy groups -OCH3 is 3. The lowest BCUT2D eigenvalue weighted by atomic mass is 10.1. The first-order chi connectivity index (χ1) is 14.0. The van der Waals surface area contributed by atoms with Crippen LogP contribution in [0, 0.1) is 6.92 Å². The minimum Gasteiger partial charge on any atom is -0.493 e. The molecule has 0 radical (unpaired) electrons. The fourth-order valence-electron chi connectivity index (χ4n) is 3.34. The molecule has 0 atom stereocenters. The third-order valence-electron chi connectivity index (χ3n) is 5.10. The second-order valence-electron chi connectivity index (χ2n) is 6.68. The number of hydrogen-bond acceptors (Lipinski definition) is 5. The Morgan fingerprint density at radius 1 is 0.897 bits per heavy atom. The number of para-hydroxylation sites is 1. The molecule has 0 unspecified atom stereocenters. The SMILES string of the molecule is CCN(CC)CCN(C(=O)c1cc(OC)c(OC)c(OC)c1)c1ccccc1C. The molecule has 0 bridgehead atoms. The van der Waals surface area contributed by atoms with Crippen LogP contribution in [0.5, 0.6) is 17.2 Å². The van der Waals surface area contributed by atoms with Gasteiger partial charge in [0.2, 0.25) is 5.75 Å². The Hall–Kier alpha value is -2.73. The van der Waals surface area contributed by atoms with Crippen molar-refractivity contribution in [1.29, 1.82) is 0 Å². The zero-order valence-electron chi connectivity index (χ0n) is 18.3. The van der Waals surface area contributed by atoms with Crippen LogP contribution in [0.4, 0.5) is 5.69 Å². The number of anilines is 1. The Kier molecular flexibility index (Phi) is 8.34. The lowest BCUT2D eigenvalue weighted by Gasteiger charge is -2.28. The van der Waals surface area contributed by atoms with Gasteiger partial charge in [0.25, 0.3) is 5.91 Å². The minimum atomic E-state index is -0.106. The molecule has 0 aliphatic carbocycles. The van der Waals surface area contributed by atoms with Crippen LogP contribution in [0.2, 0.25) is 0 Å². The molecule has 0 aromatic heterocycles. The molecule has 2 aromatic rings. The van der Waals surface area contributed by atoms with Crippen LogP contribution in [0.25, 0.3) is 0 Å². The van der Waals surface area contributed by atoms with Crippen LogP contribution in [0.15, 0.2) is 36.4 Å². The van der Waals surface area contributed by atoms with Gasteiger partial charge in [-0.3, -0.25) is 4.79 Å². The number of likely N-dealkylation sites (N-methyl/N-ethyl adjacent to an activating group) is 1. The predicted octanol–water partition coefficient (Wildman–Crippen LogP) is 4.01. The molecule has 0 aliphatic rings. The van der Waals surface area contributed by atoms with Gasteiger partial charge in [0.1, 0.15) is 0 Å². The standard InChI is InChI=1S/C23H32N2O4/c1-7-24(8-2)13-14-25(19-12-10-9-11-17(19)3)23(26)18-15-20(27-4)22(29-6)21(16-18)28-5/h9-12,15-16H,7-8,13-14H2,1-6H3. The van der Waals surface area contributed by atoms with Crippen molar-refractivity contribution in [2.24, 2.45) is 0 Å². The maximum absolute atomic E-state index is 13.6. The molecular formula is C23H32N2O4. The molecule has 1 amide bonds. The van der Waals surface area contributed by atoms with Gasteiger partial charge < -0.3 is 24.0 Å². The van der Waals surface area contributed by atoms with Gasteiger partial charge in [-0.15, -0.1) is 0 Å². The van der Waals surface area contributed by atoms with Crippen LogP contribution in [-0.2, 0) is 0 Å². The number of carbonyl (C=O) groups excluding carboxylic acids is 1. The molecule has 0 fully saturated rings. The average molecular weight is 401 g/mol. The Balaban J connectivity index is 2.47. The summed E-state index contributed by atoms with van der Waals surface area (Å²) in [4.78, 5) is 17.7. The van der Waals surface area contributed by atoms with E-state index >= 15 is 0 Å². The first-order valence-electron chi connectivity index (χ1n) is 9.90. The van der Waals surface area contributed by atoms with Crippen LogP contribution in [-0.4, -0.2) is 58.3 Å². The third kappa shape index (κ3) is 5.21. The van der Waals surface area contributed by atoms with E-state index in [-0.39, 0.29) is 5.91 Å². The van der Waals surface area contributed by atoms with Gasteiger partial charge in [-0.2, -0.15) is 0 Å². The van der Waals surface area contributed by atoms with Crippen molar-refractivity contribution in [2.45, 2.75) is 20.8 Å². The summed E-state index contributed by atoms with van der Waals surface area (Å²) in [6.45, 7) is 9.53. The molecule has 0 saturated carbocycles. The summed E-state index contributed by atoms with van der Waals surface area (Å²) in [7, 11) is 4.64. The summed E-state index contributed by atoms with van der Waals surface area (Å²) in [5, 5.41) is 0. The Morgan fingerprint density at radius 2 is 1.48 bits per heavy atom. The Bertz CT molecular complexity index is 793. The molecule has 2 rings (SSSR count). The molecule has 6 heteroatoms. The fourth-order valence-corrected chi connectivity index (χ4v) is 3.34. The largest absolute Gasteiger partial charge is 0.493 e. The molecule has 2 aromatic carbocycles. The van der Waals surface area contributed by atoms with Gasteiger partial charge in [0.15, 0.2) is 11.5 Å². The smallest absolute Gasteiger partial charge is 0.258 e. The van der Waals surface area contributed by atoms with Gasteiger partial charge >= 0.3 is 0 Å². The summed E-state index contributed by atoms with van der Waals surface area (Å²) < 4.78 is 16.2. The summed E-state index contributed by atoms with van der Waals surface area (Å²) in [5.74, 6) is 1.29. The molecule has 0 spiro atoms. The van der Waals surface area contributed by atoms with Gasteiger partial charge in [-0.1, -0.05) is 32.0 Å². The first-order valence-corrected chi connectivity index (χ1v) is 9.90. The number of ether oxygens (including phenoxy) is 3. The number of nitrogens with zero attached hydrogens (tertiary/aromatic N) is 2. The van der Waals surface area contributed by atoms with Crippen molar-refractivity contribution in [3.05, 3.63) is 47.5 Å². The van der Waals surface area contributed by atoms with Crippen LogP contribution >= 0.6 is 0 Å².